The maximum atomic E-state index is 12.9. The molecule has 0 bridgehead atoms. The van der Waals surface area contributed by atoms with E-state index in [-0.39, 0.29) is 31.6 Å². The molecule has 0 N–H and O–H groups in total. The van der Waals surface area contributed by atoms with Crippen LogP contribution in [0.25, 0.3) is 0 Å². The van der Waals surface area contributed by atoms with Crippen LogP contribution in [0.4, 0.5) is 0 Å². The lowest BCUT2D eigenvalue weighted by atomic mass is 10.1. The number of hydrogen-bond donors (Lipinski definition) is 0. The molecule has 1 unspecified atom stereocenters. The maximum absolute atomic E-state index is 12.9. The van der Waals surface area contributed by atoms with Crippen molar-refractivity contribution in [3.05, 3.63) is 146 Å². The molecule has 6 nitrogen and oxygen atoms in total. The highest BCUT2D eigenvalue weighted by molar-refractivity contribution is 5.71. The molecule has 0 amide bonds. The van der Waals surface area contributed by atoms with E-state index >= 15 is 0 Å². The molecule has 446 valence electrons. The summed E-state index contributed by atoms with van der Waals surface area (Å²) < 4.78 is 16.9. The highest BCUT2D eigenvalue weighted by atomic mass is 16.6. The van der Waals surface area contributed by atoms with Gasteiger partial charge in [-0.05, 0) is 128 Å². The van der Waals surface area contributed by atoms with E-state index in [0.29, 0.717) is 19.3 Å². The van der Waals surface area contributed by atoms with Crippen LogP contribution in [0.15, 0.2) is 146 Å². The summed E-state index contributed by atoms with van der Waals surface area (Å²) in [5.74, 6) is -1.02. The molecule has 0 heterocycles. The zero-order valence-electron chi connectivity index (χ0n) is 51.1. The summed E-state index contributed by atoms with van der Waals surface area (Å²) in [6.45, 7) is 6.34. The molecule has 0 radical (unpaired) electrons. The smallest absolute Gasteiger partial charge is 0.306 e. The zero-order valence-corrected chi connectivity index (χ0v) is 51.1. The Balaban J connectivity index is 4.49. The third-order valence-electron chi connectivity index (χ3n) is 13.3. The van der Waals surface area contributed by atoms with Crippen LogP contribution in [0.5, 0.6) is 0 Å². The fourth-order valence-electron chi connectivity index (χ4n) is 8.55. The first kappa shape index (κ1) is 74.3. The predicted octanol–water partition coefficient (Wildman–Crippen LogP) is 22.3. The predicted molar refractivity (Wildman–Crippen MR) is 343 cm³/mol. The van der Waals surface area contributed by atoms with Crippen LogP contribution in [0, 0.1) is 0 Å². The first-order valence-electron chi connectivity index (χ1n) is 32.3. The van der Waals surface area contributed by atoms with Crippen molar-refractivity contribution < 1.29 is 28.6 Å². The Morgan fingerprint density at radius 3 is 0.823 bits per heavy atom. The van der Waals surface area contributed by atoms with Gasteiger partial charge in [0, 0.05) is 19.3 Å². The molecule has 0 rings (SSSR count). The minimum atomic E-state index is -0.832. The molecule has 0 aromatic rings. The van der Waals surface area contributed by atoms with E-state index in [0.717, 1.165) is 116 Å². The maximum Gasteiger partial charge on any atom is 0.306 e. The van der Waals surface area contributed by atoms with Gasteiger partial charge in [0.1, 0.15) is 13.2 Å². The SMILES string of the molecule is CC/C=C\C/C=C\C/C=C\C/C=C\C/C=C\C/C=C\CCC(=O)OC(COC(=O)CCCCCCCCC/C=C\C/C=C\C/C=C\CC)COC(=O)CCCCCCCCCCCC/C=C\C/C=C\C/C=C\CCCCCCC. The lowest BCUT2D eigenvalue weighted by Gasteiger charge is -2.18. The molecular formula is C73H118O6. The molecule has 0 saturated carbocycles. The second-order valence-corrected chi connectivity index (χ2v) is 20.9. The average molecular weight is 1090 g/mol. The highest BCUT2D eigenvalue weighted by Crippen LogP contribution is 2.15. The fourth-order valence-corrected chi connectivity index (χ4v) is 8.55. The molecule has 1 atom stereocenters. The van der Waals surface area contributed by atoms with Crippen molar-refractivity contribution in [3.63, 3.8) is 0 Å². The number of carbonyl (C=O) groups is 3. The number of ether oxygens (including phenoxy) is 3. The Bertz CT molecular complexity index is 1730. The largest absolute Gasteiger partial charge is 0.462 e. The normalized spacial score (nSPS) is 13.1. The second-order valence-electron chi connectivity index (χ2n) is 20.9. The van der Waals surface area contributed by atoms with Crippen molar-refractivity contribution in [3.8, 4) is 0 Å². The standard InChI is InChI=1S/C73H118O6/c1-4-7-10-13-16-19-22-25-28-31-33-34-35-36-37-38-40-42-45-48-51-54-57-60-63-66-72(75)78-69-70(68-77-71(74)65-62-59-56-53-50-47-44-41-30-27-24-21-18-15-12-9-6-3)79-73(76)67-64-61-58-55-52-49-46-43-39-32-29-26-23-20-17-14-11-8-5-2/h8-9,11-12,17-18,20-22,25-27,29-31,33,35-36,39,43,49,52,58,61,70H,4-7,10,13-16,19,23-24,28,32,34,37-38,40-42,44-48,50-51,53-57,59-60,62-69H2,1-3H3/b11-8-,12-9-,20-17-,21-18-,25-22-,29-26-,30-27-,33-31-,36-35-,43-39-,52-49-,61-58-. The number of hydrogen-bond acceptors (Lipinski definition) is 6. The van der Waals surface area contributed by atoms with Gasteiger partial charge in [-0.25, -0.2) is 0 Å². The van der Waals surface area contributed by atoms with E-state index in [2.05, 4.69) is 161 Å². The van der Waals surface area contributed by atoms with Gasteiger partial charge in [0.25, 0.3) is 0 Å². The number of unbranched alkanes of at least 4 members (excludes halogenated alkanes) is 22. The van der Waals surface area contributed by atoms with Crippen molar-refractivity contribution in [1.82, 2.24) is 0 Å². The van der Waals surface area contributed by atoms with E-state index in [9.17, 15) is 14.4 Å². The van der Waals surface area contributed by atoms with Gasteiger partial charge in [-0.3, -0.25) is 14.4 Å². The van der Waals surface area contributed by atoms with Gasteiger partial charge >= 0.3 is 17.9 Å². The average Bonchev–Trinajstić information content (AvgIpc) is 3.45. The summed E-state index contributed by atoms with van der Waals surface area (Å²) in [4.78, 5) is 38.3. The van der Waals surface area contributed by atoms with Crippen LogP contribution < -0.4 is 0 Å². The molecule has 6 heteroatoms. The van der Waals surface area contributed by atoms with Gasteiger partial charge in [0.05, 0.1) is 0 Å². The minimum absolute atomic E-state index is 0.118. The van der Waals surface area contributed by atoms with Gasteiger partial charge in [-0.1, -0.05) is 276 Å². The minimum Gasteiger partial charge on any atom is -0.462 e. The Hall–Kier alpha value is -4.71. The molecule has 0 aliphatic rings. The number of allylic oxidation sites excluding steroid dienone is 24. The van der Waals surface area contributed by atoms with Crippen LogP contribution in [0.2, 0.25) is 0 Å². The summed E-state index contributed by atoms with van der Waals surface area (Å²) in [6, 6.07) is 0. The first-order chi connectivity index (χ1) is 39.0. The van der Waals surface area contributed by atoms with Crippen molar-refractivity contribution in [1.29, 1.82) is 0 Å². The van der Waals surface area contributed by atoms with E-state index in [4.69, 9.17) is 14.2 Å². The molecular weight excluding hydrogens is 973 g/mol. The topological polar surface area (TPSA) is 78.9 Å². The van der Waals surface area contributed by atoms with Gasteiger partial charge in [-0.15, -0.1) is 0 Å². The Morgan fingerprint density at radius 2 is 0.519 bits per heavy atom. The molecule has 0 aromatic carbocycles. The molecule has 0 saturated heterocycles. The third-order valence-corrected chi connectivity index (χ3v) is 13.3. The quantitative estimate of drug-likeness (QED) is 0.0261. The second kappa shape index (κ2) is 65.8. The molecule has 79 heavy (non-hydrogen) atoms. The zero-order chi connectivity index (χ0) is 57.1. The van der Waals surface area contributed by atoms with Crippen LogP contribution in [-0.4, -0.2) is 37.2 Å². The van der Waals surface area contributed by atoms with Gasteiger partial charge in [-0.2, -0.15) is 0 Å². The van der Waals surface area contributed by atoms with E-state index in [1.54, 1.807) is 0 Å². The van der Waals surface area contributed by atoms with Gasteiger partial charge < -0.3 is 14.2 Å². The number of rotatable bonds is 57. The highest BCUT2D eigenvalue weighted by Gasteiger charge is 2.19. The number of esters is 3. The lowest BCUT2D eigenvalue weighted by Crippen LogP contribution is -2.30. The van der Waals surface area contributed by atoms with Crippen LogP contribution >= 0.6 is 0 Å². The summed E-state index contributed by atoms with van der Waals surface area (Å²) >= 11 is 0. The summed E-state index contributed by atoms with van der Waals surface area (Å²) in [7, 11) is 0. The molecule has 0 aliphatic carbocycles. The molecule has 0 spiro atoms. The molecule has 0 fully saturated rings. The molecule has 0 aliphatic heterocycles. The van der Waals surface area contributed by atoms with Crippen LogP contribution in [0.1, 0.15) is 278 Å². The van der Waals surface area contributed by atoms with E-state index < -0.39 is 12.1 Å². The van der Waals surface area contributed by atoms with E-state index in [1.165, 1.54) is 116 Å². The van der Waals surface area contributed by atoms with Crippen molar-refractivity contribution >= 4 is 17.9 Å². The van der Waals surface area contributed by atoms with Crippen molar-refractivity contribution in [2.75, 3.05) is 13.2 Å². The Morgan fingerprint density at radius 1 is 0.266 bits per heavy atom. The summed E-state index contributed by atoms with van der Waals surface area (Å²) in [5, 5.41) is 0. The first-order valence-corrected chi connectivity index (χ1v) is 32.3. The van der Waals surface area contributed by atoms with E-state index in [1.807, 2.05) is 6.08 Å². The molecule has 0 aromatic heterocycles. The fraction of sp³-hybridized carbons (Fsp3) is 0.630. The third kappa shape index (κ3) is 64.0. The van der Waals surface area contributed by atoms with Crippen LogP contribution in [-0.2, 0) is 28.6 Å². The Kier molecular flexibility index (Phi) is 61.9. The van der Waals surface area contributed by atoms with Crippen molar-refractivity contribution in [2.24, 2.45) is 0 Å². The summed E-state index contributed by atoms with van der Waals surface area (Å²) in [5.41, 5.74) is 0. The van der Waals surface area contributed by atoms with Crippen LogP contribution in [0.3, 0.4) is 0 Å². The van der Waals surface area contributed by atoms with Crippen molar-refractivity contribution in [2.45, 2.75) is 284 Å². The number of carbonyl (C=O) groups excluding carboxylic acids is 3. The van der Waals surface area contributed by atoms with Gasteiger partial charge in [0.15, 0.2) is 6.10 Å². The van der Waals surface area contributed by atoms with Gasteiger partial charge in [0.2, 0.25) is 0 Å². The monoisotopic (exact) mass is 1090 g/mol. The lowest BCUT2D eigenvalue weighted by molar-refractivity contribution is -0.166. The Labute approximate surface area is 487 Å². The summed E-state index contributed by atoms with van der Waals surface area (Å²) in [6.07, 6.45) is 94.3.